The van der Waals surface area contributed by atoms with E-state index in [-0.39, 0.29) is 5.54 Å². The van der Waals surface area contributed by atoms with Crippen molar-refractivity contribution < 1.29 is 0 Å². The zero-order valence-electron chi connectivity index (χ0n) is 13.3. The van der Waals surface area contributed by atoms with Crippen LogP contribution in [0.3, 0.4) is 0 Å². The van der Waals surface area contributed by atoms with Crippen molar-refractivity contribution >= 4 is 0 Å². The molecule has 0 unspecified atom stereocenters. The Morgan fingerprint density at radius 3 is 1.88 bits per heavy atom. The maximum absolute atomic E-state index is 3.70. The predicted octanol–water partition coefficient (Wildman–Crippen LogP) is 5.01. The van der Waals surface area contributed by atoms with E-state index in [4.69, 9.17) is 0 Å². The fraction of sp³-hybridized carbons (Fsp3) is 1.00. The van der Waals surface area contributed by atoms with Gasteiger partial charge >= 0.3 is 0 Å². The monoisotopic (exact) mass is 241 g/mol. The van der Waals surface area contributed by atoms with Crippen LogP contribution in [0.5, 0.6) is 0 Å². The van der Waals surface area contributed by atoms with Gasteiger partial charge < -0.3 is 5.32 Å². The molecule has 1 nitrogen and oxygen atoms in total. The molecule has 0 aromatic carbocycles. The van der Waals surface area contributed by atoms with Crippen molar-refractivity contribution in [3.63, 3.8) is 0 Å². The van der Waals surface area contributed by atoms with Gasteiger partial charge in [0.2, 0.25) is 0 Å². The number of rotatable bonds is 8. The fourth-order valence-corrected chi connectivity index (χ4v) is 2.28. The van der Waals surface area contributed by atoms with E-state index in [1.807, 2.05) is 0 Å². The molecule has 0 bridgehead atoms. The lowest BCUT2D eigenvalue weighted by molar-refractivity contribution is 0.196. The molecule has 0 aromatic rings. The molecule has 0 aromatic heterocycles. The van der Waals surface area contributed by atoms with Gasteiger partial charge in [-0.15, -0.1) is 0 Å². The van der Waals surface area contributed by atoms with Gasteiger partial charge in [-0.2, -0.15) is 0 Å². The van der Waals surface area contributed by atoms with Crippen molar-refractivity contribution in [1.29, 1.82) is 0 Å². The second-order valence-electron chi connectivity index (χ2n) is 7.10. The Hall–Kier alpha value is -0.0400. The van der Waals surface area contributed by atoms with Crippen molar-refractivity contribution in [3.8, 4) is 0 Å². The molecule has 0 spiro atoms. The molecule has 0 aliphatic heterocycles. The van der Waals surface area contributed by atoms with Crippen LogP contribution >= 0.6 is 0 Å². The minimum Gasteiger partial charge on any atom is -0.312 e. The third-order valence-electron chi connectivity index (χ3n) is 3.98. The molecule has 0 rings (SSSR count). The van der Waals surface area contributed by atoms with Crippen LogP contribution < -0.4 is 5.32 Å². The Morgan fingerprint density at radius 1 is 1.00 bits per heavy atom. The van der Waals surface area contributed by atoms with E-state index < -0.39 is 0 Å². The summed E-state index contributed by atoms with van der Waals surface area (Å²) in [6, 6.07) is 0. The first kappa shape index (κ1) is 17.0. The summed E-state index contributed by atoms with van der Waals surface area (Å²) in [6.07, 6.45) is 6.72. The zero-order valence-corrected chi connectivity index (χ0v) is 13.3. The van der Waals surface area contributed by atoms with Gasteiger partial charge in [0.1, 0.15) is 0 Å². The average molecular weight is 241 g/mol. The molecular weight excluding hydrogens is 206 g/mol. The van der Waals surface area contributed by atoms with E-state index in [9.17, 15) is 0 Å². The maximum Gasteiger partial charge on any atom is 0.00967 e. The van der Waals surface area contributed by atoms with Gasteiger partial charge in [-0.3, -0.25) is 0 Å². The Balaban J connectivity index is 4.25. The maximum atomic E-state index is 3.70. The summed E-state index contributed by atoms with van der Waals surface area (Å²) in [4.78, 5) is 0. The van der Waals surface area contributed by atoms with Crippen LogP contribution in [0.4, 0.5) is 0 Å². The van der Waals surface area contributed by atoms with Crippen molar-refractivity contribution in [3.05, 3.63) is 0 Å². The Kier molecular flexibility index (Phi) is 7.39. The molecule has 0 atom stereocenters. The smallest absolute Gasteiger partial charge is 0.00967 e. The number of hydrogen-bond acceptors (Lipinski definition) is 1. The molecule has 104 valence electrons. The van der Waals surface area contributed by atoms with Gasteiger partial charge in [0.25, 0.3) is 0 Å². The van der Waals surface area contributed by atoms with Crippen molar-refractivity contribution in [2.24, 2.45) is 11.3 Å². The highest BCUT2D eigenvalue weighted by molar-refractivity contribution is 4.83. The van der Waals surface area contributed by atoms with Gasteiger partial charge in [0, 0.05) is 12.1 Å². The lowest BCUT2D eigenvalue weighted by Crippen LogP contribution is -2.43. The minimum atomic E-state index is 0.244. The largest absolute Gasteiger partial charge is 0.312 e. The lowest BCUT2D eigenvalue weighted by Gasteiger charge is -2.36. The molecule has 0 amide bonds. The summed E-state index contributed by atoms with van der Waals surface area (Å²) in [7, 11) is 0. The Morgan fingerprint density at radius 2 is 1.53 bits per heavy atom. The van der Waals surface area contributed by atoms with Gasteiger partial charge in [-0.25, -0.2) is 0 Å². The highest BCUT2D eigenvalue weighted by atomic mass is 15.0. The van der Waals surface area contributed by atoms with E-state index >= 15 is 0 Å². The van der Waals surface area contributed by atoms with E-state index in [1.165, 1.54) is 38.6 Å². The molecule has 1 N–H and O–H groups in total. The SMILES string of the molecule is CCC(CC)(CCCC(C)C)CNC(C)(C)C. The summed E-state index contributed by atoms with van der Waals surface area (Å²) in [5.41, 5.74) is 0.760. The summed E-state index contributed by atoms with van der Waals surface area (Å²) < 4.78 is 0. The van der Waals surface area contributed by atoms with Crippen molar-refractivity contribution in [1.82, 2.24) is 5.32 Å². The molecule has 1 heteroatoms. The number of hydrogen-bond donors (Lipinski definition) is 1. The predicted molar refractivity (Wildman–Crippen MR) is 79.5 cm³/mol. The standard InChI is InChI=1S/C16H35N/c1-8-16(9-2,12-10-11-14(3)4)13-17-15(5,6)7/h14,17H,8-13H2,1-7H3. The molecule has 0 aliphatic carbocycles. The van der Waals surface area contributed by atoms with Gasteiger partial charge in [-0.05, 0) is 51.4 Å². The van der Waals surface area contributed by atoms with Crippen LogP contribution in [0.1, 0.15) is 80.6 Å². The second-order valence-corrected chi connectivity index (χ2v) is 7.10. The molecule has 0 radical (unpaired) electrons. The Bertz CT molecular complexity index is 184. The highest BCUT2D eigenvalue weighted by Crippen LogP contribution is 2.33. The van der Waals surface area contributed by atoms with Gasteiger partial charge in [0.15, 0.2) is 0 Å². The summed E-state index contributed by atoms with van der Waals surface area (Å²) >= 11 is 0. The van der Waals surface area contributed by atoms with Crippen LogP contribution in [-0.2, 0) is 0 Å². The van der Waals surface area contributed by atoms with Crippen LogP contribution in [0.2, 0.25) is 0 Å². The molecule has 17 heavy (non-hydrogen) atoms. The van der Waals surface area contributed by atoms with E-state index in [2.05, 4.69) is 53.8 Å². The van der Waals surface area contributed by atoms with Crippen molar-refractivity contribution in [2.45, 2.75) is 86.1 Å². The molecule has 0 fully saturated rings. The first-order valence-electron chi connectivity index (χ1n) is 7.49. The van der Waals surface area contributed by atoms with Crippen LogP contribution in [-0.4, -0.2) is 12.1 Å². The minimum absolute atomic E-state index is 0.244. The van der Waals surface area contributed by atoms with E-state index in [1.54, 1.807) is 0 Å². The normalized spacial score (nSPS) is 13.4. The van der Waals surface area contributed by atoms with E-state index in [0.29, 0.717) is 5.41 Å². The first-order chi connectivity index (χ1) is 7.74. The van der Waals surface area contributed by atoms with Gasteiger partial charge in [-0.1, -0.05) is 40.5 Å². The summed E-state index contributed by atoms with van der Waals surface area (Å²) in [6.45, 7) is 17.3. The molecule has 0 saturated heterocycles. The average Bonchev–Trinajstić information content (AvgIpc) is 2.22. The molecular formula is C16H35N. The molecule has 0 aliphatic rings. The van der Waals surface area contributed by atoms with Crippen molar-refractivity contribution in [2.75, 3.05) is 6.54 Å². The quantitative estimate of drug-likeness (QED) is 0.630. The van der Waals surface area contributed by atoms with E-state index in [0.717, 1.165) is 5.92 Å². The van der Waals surface area contributed by atoms with Crippen LogP contribution in [0, 0.1) is 11.3 Å². The summed E-state index contributed by atoms with van der Waals surface area (Å²) in [5, 5.41) is 3.70. The van der Waals surface area contributed by atoms with Gasteiger partial charge in [0.05, 0.1) is 0 Å². The molecule has 0 heterocycles. The first-order valence-corrected chi connectivity index (χ1v) is 7.49. The summed E-state index contributed by atoms with van der Waals surface area (Å²) in [5.74, 6) is 0.844. The zero-order chi connectivity index (χ0) is 13.5. The third-order valence-corrected chi connectivity index (χ3v) is 3.98. The Labute approximate surface area is 110 Å². The number of nitrogens with one attached hydrogen (secondary N) is 1. The third kappa shape index (κ3) is 7.81. The fourth-order valence-electron chi connectivity index (χ4n) is 2.28. The molecule has 0 saturated carbocycles. The topological polar surface area (TPSA) is 12.0 Å². The lowest BCUT2D eigenvalue weighted by atomic mass is 9.77. The highest BCUT2D eigenvalue weighted by Gasteiger charge is 2.27. The second kappa shape index (κ2) is 7.41. The van der Waals surface area contributed by atoms with Crippen LogP contribution in [0.15, 0.2) is 0 Å². The van der Waals surface area contributed by atoms with Crippen LogP contribution in [0.25, 0.3) is 0 Å².